The van der Waals surface area contributed by atoms with E-state index in [1.54, 1.807) is 6.92 Å². The normalized spacial score (nSPS) is 17.8. The molecule has 0 atom stereocenters. The van der Waals surface area contributed by atoms with Crippen LogP contribution in [0.4, 0.5) is 8.78 Å². The number of carbonyl (C=O) groups is 2. The van der Waals surface area contributed by atoms with Crippen LogP contribution in [0, 0.1) is 18.6 Å². The molecule has 42 heavy (non-hydrogen) atoms. The molecule has 0 unspecified atom stereocenters. The Bertz CT molecular complexity index is 1550. The number of carboxylic acid groups (broad SMARTS) is 1. The van der Waals surface area contributed by atoms with Crippen molar-refractivity contribution in [2.45, 2.75) is 64.5 Å². The highest BCUT2D eigenvalue weighted by Gasteiger charge is 2.34. The number of aromatic nitrogens is 1. The van der Waals surface area contributed by atoms with Crippen LogP contribution in [0.15, 0.2) is 36.4 Å². The molecule has 1 amide bonds. The Morgan fingerprint density at radius 1 is 1.05 bits per heavy atom. The number of pyridine rings is 1. The van der Waals surface area contributed by atoms with Gasteiger partial charge in [-0.3, -0.25) is 14.7 Å². The molecule has 1 aromatic heterocycles. The fraction of sp³-hybridized carbons (Fsp3) is 0.424. The van der Waals surface area contributed by atoms with Gasteiger partial charge in [-0.05, 0) is 80.8 Å². The first-order valence-corrected chi connectivity index (χ1v) is 14.8. The summed E-state index contributed by atoms with van der Waals surface area (Å²) in [5.74, 6) is -1.44. The average Bonchev–Trinajstić information content (AvgIpc) is 3.80. The minimum atomic E-state index is -1.07. The zero-order valence-electron chi connectivity index (χ0n) is 24.0. The number of aryl methyl sites for hydroxylation is 1. The highest BCUT2D eigenvalue weighted by atomic mass is 19.1. The van der Waals surface area contributed by atoms with E-state index in [0.717, 1.165) is 61.5 Å². The number of aromatic carboxylic acids is 1. The number of hydrogen-bond donors (Lipinski definition) is 1. The number of halogens is 2. The molecule has 9 heteroatoms. The number of rotatable bonds is 8. The van der Waals surface area contributed by atoms with Gasteiger partial charge in [-0.15, -0.1) is 0 Å². The second-order valence-electron chi connectivity index (χ2n) is 11.6. The molecule has 1 aliphatic carbocycles. The van der Waals surface area contributed by atoms with E-state index in [2.05, 4.69) is 16.0 Å². The molecular weight excluding hydrogens is 540 g/mol. The van der Waals surface area contributed by atoms with E-state index in [0.29, 0.717) is 60.3 Å². The Labute approximate surface area is 244 Å². The summed E-state index contributed by atoms with van der Waals surface area (Å²) in [5, 5.41) is 9.50. The van der Waals surface area contributed by atoms with Gasteiger partial charge >= 0.3 is 5.97 Å². The van der Waals surface area contributed by atoms with Crippen molar-refractivity contribution in [3.63, 3.8) is 0 Å². The average molecular weight is 576 g/mol. The fourth-order valence-corrected chi connectivity index (χ4v) is 6.48. The van der Waals surface area contributed by atoms with Gasteiger partial charge in [0, 0.05) is 55.8 Å². The van der Waals surface area contributed by atoms with Crippen molar-refractivity contribution < 1.29 is 28.2 Å². The van der Waals surface area contributed by atoms with E-state index < -0.39 is 17.6 Å². The third kappa shape index (κ3) is 5.50. The quantitative estimate of drug-likeness (QED) is 0.356. The lowest BCUT2D eigenvalue weighted by Gasteiger charge is -2.40. The maximum Gasteiger partial charge on any atom is 0.337 e. The topological polar surface area (TPSA) is 83.0 Å². The Kier molecular flexibility index (Phi) is 7.70. The van der Waals surface area contributed by atoms with Crippen LogP contribution in [0.1, 0.15) is 81.8 Å². The number of ether oxygens (including phenoxy) is 1. The molecule has 6 rings (SSSR count). The molecule has 2 aromatic carbocycles. The summed E-state index contributed by atoms with van der Waals surface area (Å²) < 4.78 is 34.6. The number of amides is 1. The van der Waals surface area contributed by atoms with Crippen LogP contribution in [0.2, 0.25) is 0 Å². The Morgan fingerprint density at radius 3 is 2.48 bits per heavy atom. The molecule has 2 aliphatic heterocycles. The third-order valence-corrected chi connectivity index (χ3v) is 8.72. The summed E-state index contributed by atoms with van der Waals surface area (Å²) in [7, 11) is 0. The number of benzene rings is 2. The van der Waals surface area contributed by atoms with Crippen LogP contribution in [0.3, 0.4) is 0 Å². The first kappa shape index (κ1) is 28.3. The number of hydrogen-bond acceptors (Lipinski definition) is 5. The zero-order chi connectivity index (χ0) is 29.5. The highest BCUT2D eigenvalue weighted by molar-refractivity contribution is 5.99. The third-order valence-electron chi connectivity index (χ3n) is 8.72. The van der Waals surface area contributed by atoms with Crippen LogP contribution in [-0.2, 0) is 13.0 Å². The summed E-state index contributed by atoms with van der Waals surface area (Å²) >= 11 is 0. The van der Waals surface area contributed by atoms with Gasteiger partial charge in [-0.2, -0.15) is 0 Å². The largest absolute Gasteiger partial charge is 0.493 e. The summed E-state index contributed by atoms with van der Waals surface area (Å²) in [6, 6.07) is 9.42. The molecule has 1 saturated heterocycles. The first-order chi connectivity index (χ1) is 20.2. The zero-order valence-corrected chi connectivity index (χ0v) is 24.0. The van der Waals surface area contributed by atoms with Crippen LogP contribution in [0.5, 0.6) is 5.75 Å². The first-order valence-electron chi connectivity index (χ1n) is 14.8. The van der Waals surface area contributed by atoms with Gasteiger partial charge in [0.25, 0.3) is 5.91 Å². The number of likely N-dealkylation sites (tertiary alicyclic amines) is 1. The molecule has 0 spiro atoms. The van der Waals surface area contributed by atoms with E-state index in [-0.39, 0.29) is 17.5 Å². The molecular formula is C33H35F2N3O4. The van der Waals surface area contributed by atoms with Crippen LogP contribution < -0.4 is 4.74 Å². The van der Waals surface area contributed by atoms with E-state index in [9.17, 15) is 23.5 Å². The van der Waals surface area contributed by atoms with Crippen LogP contribution in [0.25, 0.3) is 11.1 Å². The SMILES string of the molecule is CCOc1cc(CN2CCC(N3CCc4nc(C)c(C(=O)O)cc4C3=O)CC2)cc(C2CC2)c1-c1ccc(F)cc1F. The number of carbonyl (C=O) groups excluding carboxylic acids is 1. The standard InChI is InChI=1S/C33H35F2N3O4/c1-3-42-30-15-20(14-26(21-4-5-21)31(30)24-7-6-22(34)16-28(24)35)18-37-11-8-23(9-12-37)38-13-10-29-27(32(38)39)17-25(33(40)41)19(2)36-29/h6-7,14-17,21,23H,3-5,8-13,18H2,1-2H3,(H,40,41). The van der Waals surface area contributed by atoms with Gasteiger partial charge in [0.1, 0.15) is 17.4 Å². The van der Waals surface area contributed by atoms with Gasteiger partial charge < -0.3 is 14.7 Å². The van der Waals surface area contributed by atoms with Crippen molar-refractivity contribution in [2.75, 3.05) is 26.2 Å². The fourth-order valence-electron chi connectivity index (χ4n) is 6.48. The lowest BCUT2D eigenvalue weighted by atomic mass is 9.92. The Hall–Kier alpha value is -3.85. The van der Waals surface area contributed by atoms with Gasteiger partial charge in [0.05, 0.1) is 29.1 Å². The minimum Gasteiger partial charge on any atom is -0.493 e. The molecule has 3 aliphatic rings. The van der Waals surface area contributed by atoms with E-state index in [1.165, 1.54) is 18.2 Å². The van der Waals surface area contributed by atoms with Crippen molar-refractivity contribution in [3.05, 3.63) is 81.7 Å². The number of fused-ring (bicyclic) bond motifs is 1. The minimum absolute atomic E-state index is 0.0731. The Morgan fingerprint density at radius 2 is 1.81 bits per heavy atom. The molecule has 0 bridgehead atoms. The molecule has 2 fully saturated rings. The second kappa shape index (κ2) is 11.4. The maximum atomic E-state index is 14.9. The summed E-state index contributed by atoms with van der Waals surface area (Å²) in [6.07, 6.45) is 4.32. The molecule has 0 radical (unpaired) electrons. The number of nitrogens with zero attached hydrogens (tertiary/aromatic N) is 3. The molecule has 3 heterocycles. The molecule has 7 nitrogen and oxygen atoms in total. The molecule has 1 N–H and O–H groups in total. The number of carboxylic acids is 1. The van der Waals surface area contributed by atoms with Crippen LogP contribution in [-0.4, -0.2) is 64.0 Å². The van der Waals surface area contributed by atoms with Crippen molar-refractivity contribution in [3.8, 4) is 16.9 Å². The van der Waals surface area contributed by atoms with E-state index in [4.69, 9.17) is 4.74 Å². The smallest absolute Gasteiger partial charge is 0.337 e. The van der Waals surface area contributed by atoms with E-state index >= 15 is 0 Å². The molecule has 1 saturated carbocycles. The van der Waals surface area contributed by atoms with Crippen LogP contribution >= 0.6 is 0 Å². The molecule has 220 valence electrons. The van der Waals surface area contributed by atoms with Crippen molar-refractivity contribution in [2.24, 2.45) is 0 Å². The second-order valence-corrected chi connectivity index (χ2v) is 11.6. The van der Waals surface area contributed by atoms with Crippen molar-refractivity contribution in [1.29, 1.82) is 0 Å². The highest BCUT2D eigenvalue weighted by Crippen LogP contribution is 2.49. The summed E-state index contributed by atoms with van der Waals surface area (Å²) in [5.41, 5.74) is 4.82. The number of piperidine rings is 1. The lowest BCUT2D eigenvalue weighted by Crippen LogP contribution is -2.50. The van der Waals surface area contributed by atoms with Crippen molar-refractivity contribution >= 4 is 11.9 Å². The van der Waals surface area contributed by atoms with Gasteiger partial charge in [0.2, 0.25) is 0 Å². The predicted molar refractivity (Wildman–Crippen MR) is 154 cm³/mol. The Balaban J connectivity index is 1.18. The van der Waals surface area contributed by atoms with Gasteiger partial charge in [-0.1, -0.05) is 6.07 Å². The summed E-state index contributed by atoms with van der Waals surface area (Å²) in [6.45, 7) is 6.91. The maximum absolute atomic E-state index is 14.9. The van der Waals surface area contributed by atoms with Gasteiger partial charge in [0.15, 0.2) is 0 Å². The summed E-state index contributed by atoms with van der Waals surface area (Å²) in [4.78, 5) is 33.7. The van der Waals surface area contributed by atoms with E-state index in [1.807, 2.05) is 17.9 Å². The lowest BCUT2D eigenvalue weighted by molar-refractivity contribution is 0.0543. The van der Waals surface area contributed by atoms with Crippen molar-refractivity contribution in [1.82, 2.24) is 14.8 Å². The van der Waals surface area contributed by atoms with Gasteiger partial charge in [-0.25, -0.2) is 13.6 Å². The monoisotopic (exact) mass is 575 g/mol. The predicted octanol–water partition coefficient (Wildman–Crippen LogP) is 5.97. The molecule has 3 aromatic rings.